The van der Waals surface area contributed by atoms with Gasteiger partial charge < -0.3 is 10.4 Å². The second kappa shape index (κ2) is 7.44. The summed E-state index contributed by atoms with van der Waals surface area (Å²) >= 11 is 3.45. The van der Waals surface area contributed by atoms with Crippen molar-refractivity contribution in [3.8, 4) is 5.75 Å². The van der Waals surface area contributed by atoms with Gasteiger partial charge in [-0.3, -0.25) is 0 Å². The average Bonchev–Trinajstić information content (AvgIpc) is 2.60. The molecule has 23 heavy (non-hydrogen) atoms. The molecule has 0 spiro atoms. The fourth-order valence-electron chi connectivity index (χ4n) is 2.63. The first-order chi connectivity index (χ1) is 11.2. The first-order valence-electron chi connectivity index (χ1n) is 7.55. The summed E-state index contributed by atoms with van der Waals surface area (Å²) in [7, 11) is 0. The van der Waals surface area contributed by atoms with E-state index in [0.29, 0.717) is 12.3 Å². The summed E-state index contributed by atoms with van der Waals surface area (Å²) in [6.45, 7) is 0.583. The summed E-state index contributed by atoms with van der Waals surface area (Å²) in [5.41, 5.74) is 3.28. The quantitative estimate of drug-likeness (QED) is 0.662. The lowest BCUT2D eigenvalue weighted by Crippen LogP contribution is -2.22. The van der Waals surface area contributed by atoms with Crippen LogP contribution >= 0.6 is 15.9 Å². The molecule has 116 valence electrons. The molecule has 0 saturated heterocycles. The molecule has 3 aromatic rings. The Balaban J connectivity index is 1.86. The number of rotatable bonds is 5. The molecule has 0 unspecified atom stereocenters. The van der Waals surface area contributed by atoms with Crippen LogP contribution in [0.5, 0.6) is 5.75 Å². The number of nitrogens with one attached hydrogen (secondary N) is 1. The van der Waals surface area contributed by atoms with Crippen molar-refractivity contribution < 1.29 is 5.11 Å². The van der Waals surface area contributed by atoms with Crippen LogP contribution in [0.25, 0.3) is 0 Å². The first-order valence-corrected chi connectivity index (χ1v) is 8.34. The molecule has 0 atom stereocenters. The minimum Gasteiger partial charge on any atom is -0.508 e. The number of halogens is 1. The third-order valence-electron chi connectivity index (χ3n) is 3.80. The molecule has 0 heterocycles. The Hall–Kier alpha value is -2.10. The molecule has 0 bridgehead atoms. The highest BCUT2D eigenvalue weighted by Gasteiger charge is 2.14. The van der Waals surface area contributed by atoms with Crippen LogP contribution < -0.4 is 5.32 Å². The molecule has 2 nitrogen and oxygen atoms in total. The van der Waals surface area contributed by atoms with Gasteiger partial charge in [0.15, 0.2) is 0 Å². The van der Waals surface area contributed by atoms with Gasteiger partial charge in [-0.2, -0.15) is 0 Å². The lowest BCUT2D eigenvalue weighted by atomic mass is 9.98. The molecule has 0 radical (unpaired) electrons. The van der Waals surface area contributed by atoms with Gasteiger partial charge in [0.1, 0.15) is 5.75 Å². The van der Waals surface area contributed by atoms with Crippen molar-refractivity contribution in [2.45, 2.75) is 12.6 Å². The van der Waals surface area contributed by atoms with Crippen LogP contribution in [0.3, 0.4) is 0 Å². The highest BCUT2D eigenvalue weighted by atomic mass is 79.9. The van der Waals surface area contributed by atoms with Gasteiger partial charge in [0.25, 0.3) is 0 Å². The predicted octanol–water partition coefficient (Wildman–Crippen LogP) is 5.03. The number of aromatic hydroxyl groups is 1. The summed E-state index contributed by atoms with van der Waals surface area (Å²) in [6.07, 6.45) is 0. The predicted molar refractivity (Wildman–Crippen MR) is 97.4 cm³/mol. The van der Waals surface area contributed by atoms with Gasteiger partial charge in [0, 0.05) is 16.6 Å². The van der Waals surface area contributed by atoms with E-state index in [0.717, 1.165) is 10.0 Å². The summed E-state index contributed by atoms with van der Waals surface area (Å²) in [6, 6.07) is 26.3. The van der Waals surface area contributed by atoms with Crippen LogP contribution in [0.2, 0.25) is 0 Å². The van der Waals surface area contributed by atoms with E-state index in [1.54, 1.807) is 6.07 Å². The number of hydrogen-bond acceptors (Lipinski definition) is 2. The lowest BCUT2D eigenvalue weighted by molar-refractivity contribution is 0.461. The maximum atomic E-state index is 10.0. The largest absolute Gasteiger partial charge is 0.508 e. The van der Waals surface area contributed by atoms with Gasteiger partial charge in [-0.1, -0.05) is 76.6 Å². The Kier molecular flexibility index (Phi) is 5.11. The van der Waals surface area contributed by atoms with E-state index in [4.69, 9.17) is 0 Å². The van der Waals surface area contributed by atoms with Gasteiger partial charge in [-0.15, -0.1) is 0 Å². The second-order valence-corrected chi connectivity index (χ2v) is 6.32. The van der Waals surface area contributed by atoms with Crippen molar-refractivity contribution in [2.75, 3.05) is 0 Å². The fourth-order valence-corrected chi connectivity index (χ4v) is 3.04. The summed E-state index contributed by atoms with van der Waals surface area (Å²) in [5, 5.41) is 13.6. The number of phenols is 1. The molecule has 0 aromatic heterocycles. The van der Waals surface area contributed by atoms with E-state index < -0.39 is 0 Å². The van der Waals surface area contributed by atoms with Crippen LogP contribution in [0.1, 0.15) is 22.7 Å². The van der Waals surface area contributed by atoms with Crippen molar-refractivity contribution in [3.05, 3.63) is 100 Å². The molecule has 0 saturated carbocycles. The van der Waals surface area contributed by atoms with E-state index in [1.165, 1.54) is 11.1 Å². The highest BCUT2D eigenvalue weighted by molar-refractivity contribution is 9.10. The van der Waals surface area contributed by atoms with Crippen LogP contribution in [0.4, 0.5) is 0 Å². The zero-order valence-electron chi connectivity index (χ0n) is 12.6. The maximum absolute atomic E-state index is 10.0. The summed E-state index contributed by atoms with van der Waals surface area (Å²) in [5.74, 6) is 0.306. The third kappa shape index (κ3) is 4.01. The molecular weight excluding hydrogens is 350 g/mol. The Labute approximate surface area is 144 Å². The van der Waals surface area contributed by atoms with Gasteiger partial charge in [-0.05, 0) is 29.3 Å². The zero-order chi connectivity index (χ0) is 16.1. The Morgan fingerprint density at radius 1 is 0.826 bits per heavy atom. The molecule has 0 amide bonds. The molecule has 0 aliphatic heterocycles. The maximum Gasteiger partial charge on any atom is 0.120 e. The van der Waals surface area contributed by atoms with Crippen molar-refractivity contribution in [2.24, 2.45) is 0 Å². The van der Waals surface area contributed by atoms with Crippen LogP contribution in [0, 0.1) is 0 Å². The average molecular weight is 368 g/mol. The Morgan fingerprint density at radius 3 is 1.96 bits per heavy atom. The third-order valence-corrected chi connectivity index (χ3v) is 4.30. The minimum absolute atomic E-state index is 0.0794. The molecule has 2 N–H and O–H groups in total. The standard InChI is InChI=1S/C20H18BrNO/c21-18-11-12-19(23)17(13-18)14-22-20(15-7-3-1-4-8-15)16-9-5-2-6-10-16/h1-13,20,22-23H,14H2. The normalized spacial score (nSPS) is 10.9. The Bertz CT molecular complexity index is 720. The molecule has 3 heteroatoms. The Morgan fingerprint density at radius 2 is 1.39 bits per heavy atom. The fraction of sp³-hybridized carbons (Fsp3) is 0.100. The number of phenolic OH excluding ortho intramolecular Hbond substituents is 1. The highest BCUT2D eigenvalue weighted by Crippen LogP contribution is 2.25. The molecule has 0 aliphatic rings. The van der Waals surface area contributed by atoms with Gasteiger partial charge in [-0.25, -0.2) is 0 Å². The molecular formula is C20H18BrNO. The molecule has 3 aromatic carbocycles. The van der Waals surface area contributed by atoms with E-state index in [2.05, 4.69) is 45.5 Å². The number of benzene rings is 3. The monoisotopic (exact) mass is 367 g/mol. The van der Waals surface area contributed by atoms with E-state index in [-0.39, 0.29) is 6.04 Å². The van der Waals surface area contributed by atoms with Crippen LogP contribution in [-0.4, -0.2) is 5.11 Å². The molecule has 0 aliphatic carbocycles. The van der Waals surface area contributed by atoms with E-state index in [9.17, 15) is 5.11 Å². The number of hydrogen-bond donors (Lipinski definition) is 2. The van der Waals surface area contributed by atoms with Gasteiger partial charge >= 0.3 is 0 Å². The van der Waals surface area contributed by atoms with Crippen molar-refractivity contribution in [1.82, 2.24) is 5.32 Å². The summed E-state index contributed by atoms with van der Waals surface area (Å²) < 4.78 is 0.961. The zero-order valence-corrected chi connectivity index (χ0v) is 14.2. The molecule has 3 rings (SSSR count). The van der Waals surface area contributed by atoms with Crippen molar-refractivity contribution in [3.63, 3.8) is 0 Å². The van der Waals surface area contributed by atoms with E-state index >= 15 is 0 Å². The van der Waals surface area contributed by atoms with Crippen molar-refractivity contribution >= 4 is 15.9 Å². The van der Waals surface area contributed by atoms with Gasteiger partial charge in [0.2, 0.25) is 0 Å². The van der Waals surface area contributed by atoms with Crippen molar-refractivity contribution in [1.29, 1.82) is 0 Å². The van der Waals surface area contributed by atoms with Crippen LogP contribution in [0.15, 0.2) is 83.3 Å². The van der Waals surface area contributed by atoms with E-state index in [1.807, 2.05) is 48.5 Å². The molecule has 0 fully saturated rings. The topological polar surface area (TPSA) is 32.3 Å². The SMILES string of the molecule is Oc1ccc(Br)cc1CNC(c1ccccc1)c1ccccc1. The summed E-state index contributed by atoms with van der Waals surface area (Å²) in [4.78, 5) is 0. The minimum atomic E-state index is 0.0794. The smallest absolute Gasteiger partial charge is 0.120 e. The second-order valence-electron chi connectivity index (χ2n) is 5.41. The van der Waals surface area contributed by atoms with Gasteiger partial charge in [0.05, 0.1) is 6.04 Å². The lowest BCUT2D eigenvalue weighted by Gasteiger charge is -2.20. The first kappa shape index (κ1) is 15.8. The van der Waals surface area contributed by atoms with Crippen LogP contribution in [-0.2, 0) is 6.54 Å².